The predicted octanol–water partition coefficient (Wildman–Crippen LogP) is 2.79. The maximum atomic E-state index is 12.1. The Kier molecular flexibility index (Phi) is 7.98. The molecule has 11 heteroatoms. The minimum Gasteiger partial charge on any atom is -0.486 e. The number of aryl methyl sites for hydroxylation is 2. The smallest absolute Gasteiger partial charge is 0.412 e. The summed E-state index contributed by atoms with van der Waals surface area (Å²) in [4.78, 5) is 27.9. The average Bonchev–Trinajstić information content (AvgIpc) is 3.13. The predicted molar refractivity (Wildman–Crippen MR) is 114 cm³/mol. The van der Waals surface area contributed by atoms with Crippen LogP contribution in [0.25, 0.3) is 11.4 Å². The number of carbonyl (C=O) groups is 2. The van der Waals surface area contributed by atoms with Crippen molar-refractivity contribution in [1.82, 2.24) is 20.0 Å². The second-order valence-electron chi connectivity index (χ2n) is 7.71. The van der Waals surface area contributed by atoms with Crippen molar-refractivity contribution in [2.45, 2.75) is 45.6 Å². The number of nitrogens with zero attached hydrogens (tertiary/aromatic N) is 4. The molecule has 1 aliphatic rings. The van der Waals surface area contributed by atoms with Crippen molar-refractivity contribution in [3.63, 3.8) is 0 Å². The van der Waals surface area contributed by atoms with Gasteiger partial charge >= 0.3 is 12.1 Å². The van der Waals surface area contributed by atoms with Crippen LogP contribution in [0.15, 0.2) is 12.1 Å². The number of pyridine rings is 1. The third-order valence-corrected chi connectivity index (χ3v) is 5.12. The molecule has 0 spiro atoms. The van der Waals surface area contributed by atoms with Crippen LogP contribution in [-0.4, -0.2) is 63.1 Å². The molecule has 1 aliphatic heterocycles. The van der Waals surface area contributed by atoms with E-state index in [2.05, 4.69) is 27.5 Å². The van der Waals surface area contributed by atoms with E-state index in [1.165, 1.54) is 4.68 Å². The van der Waals surface area contributed by atoms with Crippen molar-refractivity contribution in [1.29, 1.82) is 0 Å². The Morgan fingerprint density at radius 1 is 1.31 bits per heavy atom. The molecule has 0 bridgehead atoms. The first-order chi connectivity index (χ1) is 15.4. The Morgan fingerprint density at radius 2 is 2.12 bits per heavy atom. The summed E-state index contributed by atoms with van der Waals surface area (Å²) in [6.45, 7) is 4.72. The largest absolute Gasteiger partial charge is 0.486 e. The molecular weight excluding hydrogens is 418 g/mol. The number of carboxylic acids is 1. The van der Waals surface area contributed by atoms with Gasteiger partial charge in [0.25, 0.3) is 0 Å². The molecule has 2 atom stereocenters. The van der Waals surface area contributed by atoms with E-state index in [1.54, 1.807) is 26.1 Å². The van der Waals surface area contributed by atoms with E-state index in [0.29, 0.717) is 48.3 Å². The van der Waals surface area contributed by atoms with Gasteiger partial charge in [-0.15, -0.1) is 5.10 Å². The second kappa shape index (κ2) is 10.9. The van der Waals surface area contributed by atoms with Crippen molar-refractivity contribution in [2.24, 2.45) is 13.0 Å². The third kappa shape index (κ3) is 5.94. The van der Waals surface area contributed by atoms with Gasteiger partial charge in [0.1, 0.15) is 11.9 Å². The molecule has 1 fully saturated rings. The second-order valence-corrected chi connectivity index (χ2v) is 7.71. The number of rotatable bonds is 9. The van der Waals surface area contributed by atoms with Gasteiger partial charge in [0.05, 0.1) is 37.1 Å². The fourth-order valence-corrected chi connectivity index (χ4v) is 3.35. The maximum Gasteiger partial charge on any atom is 0.412 e. The number of ether oxygens (including phenoxy) is 3. The zero-order valence-corrected chi connectivity index (χ0v) is 18.5. The molecule has 2 aromatic rings. The van der Waals surface area contributed by atoms with Crippen LogP contribution in [0.1, 0.15) is 38.3 Å². The minimum absolute atomic E-state index is 0.189. The molecule has 0 saturated carbocycles. The Morgan fingerprint density at radius 3 is 2.84 bits per heavy atom. The zero-order chi connectivity index (χ0) is 23.1. The van der Waals surface area contributed by atoms with E-state index in [1.807, 2.05) is 0 Å². The quantitative estimate of drug-likeness (QED) is 0.556. The number of carbonyl (C=O) groups excluding carboxylic acids is 1. The monoisotopic (exact) mass is 447 g/mol. The molecule has 2 aromatic heterocycles. The first-order valence-electron chi connectivity index (χ1n) is 10.7. The summed E-state index contributed by atoms with van der Waals surface area (Å²) in [7, 11) is 1.66. The lowest BCUT2D eigenvalue weighted by Gasteiger charge is -2.27. The number of carboxylic acid groups (broad SMARTS) is 1. The lowest BCUT2D eigenvalue weighted by molar-refractivity contribution is -0.149. The van der Waals surface area contributed by atoms with Crippen LogP contribution in [0.2, 0.25) is 0 Å². The number of anilines is 1. The first kappa shape index (κ1) is 23.5. The summed E-state index contributed by atoms with van der Waals surface area (Å²) in [5, 5.41) is 20.0. The Balaban J connectivity index is 1.68. The number of aliphatic carboxylic acids is 1. The van der Waals surface area contributed by atoms with Crippen molar-refractivity contribution in [3.8, 4) is 17.1 Å². The van der Waals surface area contributed by atoms with Gasteiger partial charge in [-0.2, -0.15) is 0 Å². The Hall–Kier alpha value is -3.21. The van der Waals surface area contributed by atoms with E-state index in [4.69, 9.17) is 14.2 Å². The van der Waals surface area contributed by atoms with Gasteiger partial charge in [0.15, 0.2) is 11.5 Å². The van der Waals surface area contributed by atoms with Gasteiger partial charge in [-0.3, -0.25) is 10.1 Å². The summed E-state index contributed by atoms with van der Waals surface area (Å²) in [6.07, 6.45) is 2.27. The van der Waals surface area contributed by atoms with Crippen LogP contribution >= 0.6 is 0 Å². The first-order valence-corrected chi connectivity index (χ1v) is 10.7. The van der Waals surface area contributed by atoms with Gasteiger partial charge < -0.3 is 19.3 Å². The molecule has 0 unspecified atom stereocenters. The molecule has 0 radical (unpaired) electrons. The SMILES string of the molecule is CCCCCOC(=O)Nc1c(-c2ccc(O[C@H]3COC[C@H](C(=O)O)C3)c(C)n2)nnn1C. The molecule has 11 nitrogen and oxygen atoms in total. The number of unbranched alkanes of at least 4 members (excludes halogenated alkanes) is 2. The summed E-state index contributed by atoms with van der Waals surface area (Å²) in [5.74, 6) is -0.579. The molecule has 32 heavy (non-hydrogen) atoms. The highest BCUT2D eigenvalue weighted by molar-refractivity contribution is 5.88. The highest BCUT2D eigenvalue weighted by Gasteiger charge is 2.29. The summed E-state index contributed by atoms with van der Waals surface area (Å²) in [5.41, 5.74) is 1.51. The summed E-state index contributed by atoms with van der Waals surface area (Å²) >= 11 is 0. The third-order valence-electron chi connectivity index (χ3n) is 5.12. The zero-order valence-electron chi connectivity index (χ0n) is 18.5. The Labute approximate surface area is 186 Å². The highest BCUT2D eigenvalue weighted by Crippen LogP contribution is 2.28. The van der Waals surface area contributed by atoms with Crippen LogP contribution < -0.4 is 10.1 Å². The van der Waals surface area contributed by atoms with E-state index in [9.17, 15) is 14.7 Å². The van der Waals surface area contributed by atoms with Gasteiger partial charge in [0, 0.05) is 13.5 Å². The number of amides is 1. The van der Waals surface area contributed by atoms with Crippen LogP contribution in [0, 0.1) is 12.8 Å². The molecule has 0 aromatic carbocycles. The highest BCUT2D eigenvalue weighted by atomic mass is 16.5. The number of aromatic nitrogens is 4. The fraction of sp³-hybridized carbons (Fsp3) is 0.571. The number of hydrogen-bond donors (Lipinski definition) is 2. The lowest BCUT2D eigenvalue weighted by Crippen LogP contribution is -2.37. The average molecular weight is 447 g/mol. The molecule has 3 rings (SSSR count). The van der Waals surface area contributed by atoms with Gasteiger partial charge in [-0.1, -0.05) is 25.0 Å². The molecule has 2 N–H and O–H groups in total. The van der Waals surface area contributed by atoms with Crippen molar-refractivity contribution in [2.75, 3.05) is 25.1 Å². The van der Waals surface area contributed by atoms with E-state index >= 15 is 0 Å². The molecule has 0 aliphatic carbocycles. The maximum absolute atomic E-state index is 12.1. The van der Waals surface area contributed by atoms with Crippen molar-refractivity contribution in [3.05, 3.63) is 17.8 Å². The Bertz CT molecular complexity index is 947. The topological polar surface area (TPSA) is 138 Å². The molecule has 3 heterocycles. The van der Waals surface area contributed by atoms with Crippen LogP contribution in [0.5, 0.6) is 5.75 Å². The van der Waals surface area contributed by atoms with E-state index < -0.39 is 18.0 Å². The van der Waals surface area contributed by atoms with Crippen molar-refractivity contribution < 1.29 is 28.9 Å². The number of nitrogens with one attached hydrogen (secondary N) is 1. The standard InChI is InChI=1S/C21H29N5O6/c1-4-5-6-9-31-21(29)23-19-18(24-25-26(19)3)16-7-8-17(13(2)22-16)32-15-10-14(20(27)28)11-30-12-15/h7-8,14-15H,4-6,9-12H2,1-3H3,(H,23,29)(H,27,28)/t14-,15-/m1/s1. The van der Waals surface area contributed by atoms with Gasteiger partial charge in [0.2, 0.25) is 0 Å². The molecule has 1 saturated heterocycles. The molecule has 1 amide bonds. The van der Waals surface area contributed by atoms with E-state index in [-0.39, 0.29) is 12.7 Å². The van der Waals surface area contributed by atoms with Crippen LogP contribution in [0.3, 0.4) is 0 Å². The fourth-order valence-electron chi connectivity index (χ4n) is 3.35. The summed E-state index contributed by atoms with van der Waals surface area (Å²) in [6, 6.07) is 3.45. The molecular formula is C21H29N5O6. The minimum atomic E-state index is -0.893. The van der Waals surface area contributed by atoms with Crippen molar-refractivity contribution >= 4 is 17.9 Å². The van der Waals surface area contributed by atoms with Crippen LogP contribution in [-0.2, 0) is 21.3 Å². The normalized spacial score (nSPS) is 18.2. The van der Waals surface area contributed by atoms with E-state index in [0.717, 1.165) is 19.3 Å². The number of hydrogen-bond acceptors (Lipinski definition) is 8. The lowest BCUT2D eigenvalue weighted by atomic mass is 10.0. The van der Waals surface area contributed by atoms with Gasteiger partial charge in [-0.25, -0.2) is 14.5 Å². The van der Waals surface area contributed by atoms with Crippen LogP contribution in [0.4, 0.5) is 10.6 Å². The van der Waals surface area contributed by atoms with Gasteiger partial charge in [-0.05, 0) is 25.5 Å². The summed E-state index contributed by atoms with van der Waals surface area (Å²) < 4.78 is 17.9. The molecule has 174 valence electrons.